The van der Waals surface area contributed by atoms with E-state index in [2.05, 4.69) is 27.1 Å². The highest BCUT2D eigenvalue weighted by atomic mass is 32.1. The largest absolute Gasteiger partial charge is 0.370 e. The summed E-state index contributed by atoms with van der Waals surface area (Å²) in [6.45, 7) is 1.34. The molecule has 0 aliphatic carbocycles. The van der Waals surface area contributed by atoms with Crippen molar-refractivity contribution in [3.8, 4) is 0 Å². The molecule has 1 saturated heterocycles. The maximum absolute atomic E-state index is 11.2. The Morgan fingerprint density at radius 2 is 2.53 bits per heavy atom. The van der Waals surface area contributed by atoms with Crippen LogP contribution in [-0.4, -0.2) is 31.0 Å². The third-order valence-corrected chi connectivity index (χ3v) is 4.00. The molecule has 1 aromatic rings. The zero-order chi connectivity index (χ0) is 13.5. The van der Waals surface area contributed by atoms with Crippen LogP contribution >= 0.6 is 11.3 Å². The Balaban J connectivity index is 1.66. The summed E-state index contributed by atoms with van der Waals surface area (Å²) >= 11 is 1.74. The van der Waals surface area contributed by atoms with Gasteiger partial charge in [0.2, 0.25) is 5.91 Å². The summed E-state index contributed by atoms with van der Waals surface area (Å²) in [5.74, 6) is 0.576. The molecular formula is C13H20N4OS. The van der Waals surface area contributed by atoms with Gasteiger partial charge < -0.3 is 16.4 Å². The quantitative estimate of drug-likeness (QED) is 0.553. The van der Waals surface area contributed by atoms with E-state index in [0.717, 1.165) is 25.8 Å². The molecule has 0 saturated carbocycles. The van der Waals surface area contributed by atoms with E-state index in [1.165, 1.54) is 4.88 Å². The van der Waals surface area contributed by atoms with Crippen LogP contribution < -0.4 is 16.4 Å². The zero-order valence-electron chi connectivity index (χ0n) is 10.9. The van der Waals surface area contributed by atoms with Crippen molar-refractivity contribution in [2.45, 2.75) is 31.7 Å². The van der Waals surface area contributed by atoms with E-state index in [4.69, 9.17) is 5.73 Å². The lowest BCUT2D eigenvalue weighted by Crippen LogP contribution is -2.42. The first-order valence-corrected chi connectivity index (χ1v) is 7.47. The summed E-state index contributed by atoms with van der Waals surface area (Å²) in [6, 6.07) is 4.29. The molecule has 1 aromatic heterocycles. The number of hydrogen-bond acceptors (Lipinski definition) is 3. The van der Waals surface area contributed by atoms with Gasteiger partial charge in [0, 0.05) is 23.9 Å². The summed E-state index contributed by atoms with van der Waals surface area (Å²) < 4.78 is 0. The van der Waals surface area contributed by atoms with Crippen molar-refractivity contribution >= 4 is 23.2 Å². The average molecular weight is 280 g/mol. The third kappa shape index (κ3) is 4.90. The molecule has 5 nitrogen and oxygen atoms in total. The first kappa shape index (κ1) is 13.9. The van der Waals surface area contributed by atoms with Gasteiger partial charge in [-0.05, 0) is 30.7 Å². The summed E-state index contributed by atoms with van der Waals surface area (Å²) in [5.41, 5.74) is 5.79. The van der Waals surface area contributed by atoms with Gasteiger partial charge in [-0.25, -0.2) is 0 Å². The van der Waals surface area contributed by atoms with Gasteiger partial charge in [0.1, 0.15) is 0 Å². The Hall–Kier alpha value is -1.56. The van der Waals surface area contributed by atoms with E-state index < -0.39 is 0 Å². The van der Waals surface area contributed by atoms with Crippen molar-refractivity contribution in [2.75, 3.05) is 13.1 Å². The van der Waals surface area contributed by atoms with Crippen LogP contribution in [0.25, 0.3) is 0 Å². The third-order valence-electron chi connectivity index (χ3n) is 3.06. The van der Waals surface area contributed by atoms with Gasteiger partial charge in [0.15, 0.2) is 5.96 Å². The Morgan fingerprint density at radius 3 is 3.26 bits per heavy atom. The molecule has 6 heteroatoms. The van der Waals surface area contributed by atoms with E-state index in [9.17, 15) is 4.79 Å². The molecule has 0 spiro atoms. The monoisotopic (exact) mass is 280 g/mol. The minimum Gasteiger partial charge on any atom is -0.370 e. The predicted molar refractivity (Wildman–Crippen MR) is 78.3 cm³/mol. The fraction of sp³-hybridized carbons (Fsp3) is 0.538. The Kier molecular flexibility index (Phi) is 5.20. The Bertz CT molecular complexity index is 430. The van der Waals surface area contributed by atoms with Crippen molar-refractivity contribution in [1.29, 1.82) is 0 Å². The Morgan fingerprint density at radius 1 is 1.63 bits per heavy atom. The highest BCUT2D eigenvalue weighted by Gasteiger charge is 2.17. The molecule has 1 atom stereocenters. The number of carbonyl (C=O) groups is 1. The number of piperidine rings is 1. The van der Waals surface area contributed by atoms with Crippen LogP contribution in [0.4, 0.5) is 0 Å². The normalized spacial score (nSPS) is 20.1. The molecule has 4 N–H and O–H groups in total. The van der Waals surface area contributed by atoms with Gasteiger partial charge in [0.25, 0.3) is 0 Å². The Labute approximate surface area is 117 Å². The standard InChI is InChI=1S/C13H20N4OS/c14-13(15-7-6-11-4-2-8-19-11)16-9-10-3-1-5-12(18)17-10/h2,4,8,10H,1,3,5-7,9H2,(H,17,18)(H3,14,15,16). The second-order valence-corrected chi connectivity index (χ2v) is 5.67. The fourth-order valence-electron chi connectivity index (χ4n) is 2.05. The number of aliphatic imine (C=N–C) groups is 1. The van der Waals surface area contributed by atoms with Crippen molar-refractivity contribution in [2.24, 2.45) is 10.7 Å². The van der Waals surface area contributed by atoms with E-state index in [-0.39, 0.29) is 11.9 Å². The van der Waals surface area contributed by atoms with Crippen molar-refractivity contribution < 1.29 is 4.79 Å². The van der Waals surface area contributed by atoms with Crippen LogP contribution in [-0.2, 0) is 11.2 Å². The smallest absolute Gasteiger partial charge is 0.220 e. The molecule has 1 aliphatic rings. The highest BCUT2D eigenvalue weighted by Crippen LogP contribution is 2.09. The second-order valence-electron chi connectivity index (χ2n) is 4.64. The number of amides is 1. The van der Waals surface area contributed by atoms with Crippen LogP contribution in [0, 0.1) is 0 Å². The molecule has 19 heavy (non-hydrogen) atoms. The first-order chi connectivity index (χ1) is 9.24. The molecule has 1 aliphatic heterocycles. The number of nitrogens with zero attached hydrogens (tertiary/aromatic N) is 1. The lowest BCUT2D eigenvalue weighted by Gasteiger charge is -2.21. The van der Waals surface area contributed by atoms with E-state index >= 15 is 0 Å². The number of rotatable bonds is 5. The second kappa shape index (κ2) is 7.13. The molecule has 0 bridgehead atoms. The number of carbonyl (C=O) groups excluding carboxylic acids is 1. The topological polar surface area (TPSA) is 79.5 Å². The van der Waals surface area contributed by atoms with Gasteiger partial charge in [-0.2, -0.15) is 0 Å². The van der Waals surface area contributed by atoms with Crippen molar-refractivity contribution in [1.82, 2.24) is 10.6 Å². The van der Waals surface area contributed by atoms with E-state index in [1.54, 1.807) is 11.3 Å². The van der Waals surface area contributed by atoms with E-state index in [0.29, 0.717) is 18.9 Å². The van der Waals surface area contributed by atoms with Gasteiger partial charge >= 0.3 is 0 Å². The molecule has 1 fully saturated rings. The lowest BCUT2D eigenvalue weighted by atomic mass is 10.0. The minimum absolute atomic E-state index is 0.121. The number of hydrogen-bond donors (Lipinski definition) is 3. The van der Waals surface area contributed by atoms with Crippen molar-refractivity contribution in [3.05, 3.63) is 22.4 Å². The molecule has 1 unspecified atom stereocenters. The summed E-state index contributed by atoms with van der Waals surface area (Å²) in [7, 11) is 0. The van der Waals surface area contributed by atoms with Gasteiger partial charge in [0.05, 0.1) is 6.54 Å². The van der Waals surface area contributed by atoms with Gasteiger partial charge in [-0.3, -0.25) is 9.79 Å². The van der Waals surface area contributed by atoms with Crippen LogP contribution in [0.1, 0.15) is 24.1 Å². The number of thiophene rings is 1. The minimum atomic E-state index is 0.121. The van der Waals surface area contributed by atoms with Gasteiger partial charge in [-0.1, -0.05) is 6.07 Å². The number of nitrogens with two attached hydrogens (primary N) is 1. The number of nitrogens with one attached hydrogen (secondary N) is 2. The summed E-state index contributed by atoms with van der Waals surface area (Å²) in [6.07, 6.45) is 3.51. The molecule has 0 aromatic carbocycles. The van der Waals surface area contributed by atoms with E-state index in [1.807, 2.05) is 6.07 Å². The fourth-order valence-corrected chi connectivity index (χ4v) is 2.76. The zero-order valence-corrected chi connectivity index (χ0v) is 11.7. The van der Waals surface area contributed by atoms with Crippen LogP contribution in [0.3, 0.4) is 0 Å². The molecular weight excluding hydrogens is 260 g/mol. The highest BCUT2D eigenvalue weighted by molar-refractivity contribution is 7.09. The average Bonchev–Trinajstić information content (AvgIpc) is 2.90. The van der Waals surface area contributed by atoms with Crippen LogP contribution in [0.15, 0.2) is 22.5 Å². The van der Waals surface area contributed by atoms with Crippen molar-refractivity contribution in [3.63, 3.8) is 0 Å². The molecule has 0 radical (unpaired) electrons. The molecule has 2 rings (SSSR count). The van der Waals surface area contributed by atoms with Crippen LogP contribution in [0.2, 0.25) is 0 Å². The molecule has 104 valence electrons. The summed E-state index contributed by atoms with van der Waals surface area (Å²) in [4.78, 5) is 16.8. The van der Waals surface area contributed by atoms with Crippen LogP contribution in [0.5, 0.6) is 0 Å². The predicted octanol–water partition coefficient (Wildman–Crippen LogP) is 0.864. The lowest BCUT2D eigenvalue weighted by molar-refractivity contribution is -0.123. The first-order valence-electron chi connectivity index (χ1n) is 6.59. The summed E-state index contributed by atoms with van der Waals surface area (Å²) in [5, 5.41) is 8.08. The number of guanidine groups is 1. The maximum Gasteiger partial charge on any atom is 0.220 e. The molecule has 1 amide bonds. The SMILES string of the molecule is NC(=NCC1CCCC(=O)N1)NCCc1cccs1. The molecule has 2 heterocycles. The maximum atomic E-state index is 11.2. The van der Waals surface area contributed by atoms with Gasteiger partial charge in [-0.15, -0.1) is 11.3 Å².